The number of likely N-dealkylation sites (tertiary alicyclic amines) is 1. The topological polar surface area (TPSA) is 73.8 Å². The van der Waals surface area contributed by atoms with E-state index in [-0.39, 0.29) is 24.0 Å². The molecule has 1 saturated heterocycles. The summed E-state index contributed by atoms with van der Waals surface area (Å²) in [5.41, 5.74) is 0.537. The fourth-order valence-corrected chi connectivity index (χ4v) is 4.04. The summed E-state index contributed by atoms with van der Waals surface area (Å²) in [6.45, 7) is 3.40. The van der Waals surface area contributed by atoms with Gasteiger partial charge >= 0.3 is 0 Å². The predicted octanol–water partition coefficient (Wildman–Crippen LogP) is 1.39. The minimum absolute atomic E-state index is 0. The van der Waals surface area contributed by atoms with E-state index < -0.39 is 10.0 Å². The molecule has 2 N–H and O–H groups in total. The van der Waals surface area contributed by atoms with Crippen molar-refractivity contribution >= 4 is 40.0 Å². The largest absolute Gasteiger partial charge is 0.356 e. The molecule has 0 radical (unpaired) electrons. The minimum atomic E-state index is -3.08. The quantitative estimate of drug-likeness (QED) is 0.291. The molecule has 0 aromatic carbocycles. The van der Waals surface area contributed by atoms with Crippen LogP contribution in [0.2, 0.25) is 0 Å². The molecule has 2 rings (SSSR count). The smallest absolute Gasteiger partial charge is 0.208 e. The molecular weight excluding hydrogens is 415 g/mol. The first-order valence-electron chi connectivity index (χ1n) is 7.84. The average molecular weight is 444 g/mol. The lowest BCUT2D eigenvalue weighted by atomic mass is 9.86. The van der Waals surface area contributed by atoms with E-state index in [0.717, 1.165) is 32.0 Å². The summed E-state index contributed by atoms with van der Waals surface area (Å²) in [6, 6.07) is 0. The van der Waals surface area contributed by atoms with Gasteiger partial charge in [0.15, 0.2) is 5.96 Å². The van der Waals surface area contributed by atoms with Crippen LogP contribution < -0.4 is 10.0 Å². The molecule has 1 aliphatic heterocycles. The summed E-state index contributed by atoms with van der Waals surface area (Å²) in [5, 5.41) is 3.35. The van der Waals surface area contributed by atoms with Crippen molar-refractivity contribution < 1.29 is 8.42 Å². The number of hydrogen-bond acceptors (Lipinski definition) is 3. The molecule has 0 bridgehead atoms. The van der Waals surface area contributed by atoms with Gasteiger partial charge in [-0.3, -0.25) is 4.99 Å². The molecule has 1 heterocycles. The second kappa shape index (κ2) is 8.68. The molecule has 22 heavy (non-hydrogen) atoms. The monoisotopic (exact) mass is 444 g/mol. The molecule has 0 unspecified atom stereocenters. The van der Waals surface area contributed by atoms with Crippen molar-refractivity contribution in [3.63, 3.8) is 0 Å². The molecule has 6 nitrogen and oxygen atoms in total. The zero-order chi connectivity index (χ0) is 15.3. The van der Waals surface area contributed by atoms with E-state index in [0.29, 0.717) is 12.0 Å². The molecule has 0 amide bonds. The van der Waals surface area contributed by atoms with Crippen molar-refractivity contribution in [2.24, 2.45) is 10.4 Å². The number of nitrogens with one attached hydrogen (secondary N) is 2. The zero-order valence-corrected chi connectivity index (χ0v) is 16.7. The fraction of sp³-hybridized carbons (Fsp3) is 0.929. The summed E-state index contributed by atoms with van der Waals surface area (Å²) in [4.78, 5) is 6.72. The maximum absolute atomic E-state index is 11.0. The van der Waals surface area contributed by atoms with Crippen LogP contribution in [0.3, 0.4) is 0 Å². The third kappa shape index (κ3) is 5.84. The lowest BCUT2D eigenvalue weighted by Gasteiger charge is -2.25. The van der Waals surface area contributed by atoms with Gasteiger partial charge in [0.1, 0.15) is 0 Å². The second-order valence-corrected chi connectivity index (χ2v) is 8.21. The predicted molar refractivity (Wildman–Crippen MR) is 101 cm³/mol. The van der Waals surface area contributed by atoms with Gasteiger partial charge in [0.05, 0.1) is 6.26 Å². The standard InChI is InChI=1S/C14H28N4O2S.HI/c1-15-13(16-9-5-10-17-21(2,19)20)18-11-8-14(12-18)6-3-4-7-14;/h17H,3-12H2,1-2H3,(H,15,16);1H. The third-order valence-electron chi connectivity index (χ3n) is 4.61. The maximum atomic E-state index is 11.0. The average Bonchev–Trinajstić information content (AvgIpc) is 3.04. The van der Waals surface area contributed by atoms with Gasteiger partial charge in [-0.15, -0.1) is 24.0 Å². The van der Waals surface area contributed by atoms with Crippen molar-refractivity contribution in [2.75, 3.05) is 39.5 Å². The van der Waals surface area contributed by atoms with Crippen LogP contribution in [-0.2, 0) is 10.0 Å². The van der Waals surface area contributed by atoms with E-state index in [4.69, 9.17) is 0 Å². The van der Waals surface area contributed by atoms with Gasteiger partial charge in [0, 0.05) is 33.2 Å². The van der Waals surface area contributed by atoms with E-state index in [2.05, 4.69) is 19.9 Å². The number of hydrogen-bond donors (Lipinski definition) is 2. The molecule has 1 aliphatic carbocycles. The first-order valence-corrected chi connectivity index (χ1v) is 9.74. The van der Waals surface area contributed by atoms with Gasteiger partial charge in [-0.1, -0.05) is 12.8 Å². The highest BCUT2D eigenvalue weighted by Crippen LogP contribution is 2.45. The highest BCUT2D eigenvalue weighted by molar-refractivity contribution is 14.0. The van der Waals surface area contributed by atoms with Crippen molar-refractivity contribution in [3.05, 3.63) is 0 Å². The van der Waals surface area contributed by atoms with Crippen LogP contribution in [0.5, 0.6) is 0 Å². The molecule has 1 saturated carbocycles. The van der Waals surface area contributed by atoms with Gasteiger partial charge < -0.3 is 10.2 Å². The molecule has 0 aromatic heterocycles. The van der Waals surface area contributed by atoms with Crippen LogP contribution in [0.4, 0.5) is 0 Å². The van der Waals surface area contributed by atoms with Crippen LogP contribution in [0.15, 0.2) is 4.99 Å². The maximum Gasteiger partial charge on any atom is 0.208 e. The zero-order valence-electron chi connectivity index (χ0n) is 13.6. The summed E-state index contributed by atoms with van der Waals surface area (Å²) >= 11 is 0. The Labute approximate surface area is 151 Å². The van der Waals surface area contributed by atoms with E-state index >= 15 is 0 Å². The van der Waals surface area contributed by atoms with E-state index in [1.54, 1.807) is 0 Å². The Kier molecular flexibility index (Phi) is 7.87. The van der Waals surface area contributed by atoms with Crippen LogP contribution in [0, 0.1) is 5.41 Å². The molecule has 1 spiro atoms. The first kappa shape index (κ1) is 20.0. The number of sulfonamides is 1. The van der Waals surface area contributed by atoms with Gasteiger partial charge in [0.25, 0.3) is 0 Å². The third-order valence-corrected chi connectivity index (χ3v) is 5.34. The van der Waals surface area contributed by atoms with Gasteiger partial charge in [-0.2, -0.15) is 0 Å². The molecular formula is C14H29IN4O2S. The summed E-state index contributed by atoms with van der Waals surface area (Å²) in [5.74, 6) is 0.957. The lowest BCUT2D eigenvalue weighted by molar-refractivity contribution is 0.309. The Balaban J connectivity index is 0.00000242. The summed E-state index contributed by atoms with van der Waals surface area (Å²) < 4.78 is 24.4. The Hall–Kier alpha value is -0.0900. The number of rotatable bonds is 5. The normalized spacial score (nSPS) is 21.2. The minimum Gasteiger partial charge on any atom is -0.356 e. The van der Waals surface area contributed by atoms with Crippen LogP contribution in [-0.4, -0.2) is 58.8 Å². The SMILES string of the molecule is CN=C(NCCCNS(C)(=O)=O)N1CCC2(CCCC2)C1.I. The van der Waals surface area contributed by atoms with Gasteiger partial charge in [0.2, 0.25) is 10.0 Å². The number of nitrogens with zero attached hydrogens (tertiary/aromatic N) is 2. The van der Waals surface area contributed by atoms with Crippen LogP contribution in [0.25, 0.3) is 0 Å². The molecule has 8 heteroatoms. The summed E-state index contributed by atoms with van der Waals surface area (Å²) in [6.07, 6.45) is 8.69. The lowest BCUT2D eigenvalue weighted by Crippen LogP contribution is -2.42. The Morgan fingerprint density at radius 3 is 2.50 bits per heavy atom. The number of halogens is 1. The Morgan fingerprint density at radius 1 is 1.23 bits per heavy atom. The van der Waals surface area contributed by atoms with Gasteiger partial charge in [-0.05, 0) is 31.1 Å². The first-order chi connectivity index (χ1) is 9.94. The van der Waals surface area contributed by atoms with Crippen LogP contribution in [0.1, 0.15) is 38.5 Å². The molecule has 130 valence electrons. The molecule has 2 fully saturated rings. The molecule has 0 aromatic rings. The Morgan fingerprint density at radius 2 is 1.91 bits per heavy atom. The number of aliphatic imine (C=N–C) groups is 1. The van der Waals surface area contributed by atoms with Crippen molar-refractivity contribution in [3.8, 4) is 0 Å². The fourth-order valence-electron chi connectivity index (χ4n) is 3.53. The van der Waals surface area contributed by atoms with E-state index in [1.807, 2.05) is 7.05 Å². The highest BCUT2D eigenvalue weighted by atomic mass is 127. The van der Waals surface area contributed by atoms with Crippen LogP contribution >= 0.6 is 24.0 Å². The van der Waals surface area contributed by atoms with Crippen molar-refractivity contribution in [1.82, 2.24) is 14.9 Å². The Bertz CT molecular complexity index is 475. The van der Waals surface area contributed by atoms with E-state index in [9.17, 15) is 8.42 Å². The van der Waals surface area contributed by atoms with Crippen molar-refractivity contribution in [2.45, 2.75) is 38.5 Å². The van der Waals surface area contributed by atoms with Crippen molar-refractivity contribution in [1.29, 1.82) is 0 Å². The van der Waals surface area contributed by atoms with Gasteiger partial charge in [-0.25, -0.2) is 13.1 Å². The molecule has 0 atom stereocenters. The molecule has 2 aliphatic rings. The second-order valence-electron chi connectivity index (χ2n) is 6.37. The highest BCUT2D eigenvalue weighted by Gasteiger charge is 2.40. The number of guanidine groups is 1. The van der Waals surface area contributed by atoms with E-state index in [1.165, 1.54) is 38.4 Å². The summed E-state index contributed by atoms with van der Waals surface area (Å²) in [7, 11) is -1.26.